The normalized spacial score (nSPS) is 10.8. The van der Waals surface area contributed by atoms with Crippen LogP contribution < -0.4 is 15.8 Å². The predicted octanol–water partition coefficient (Wildman–Crippen LogP) is 3.69. The number of hydrogen-bond donors (Lipinski definition) is 2. The van der Waals surface area contributed by atoms with Gasteiger partial charge in [0, 0.05) is 36.7 Å². The van der Waals surface area contributed by atoms with E-state index in [4.69, 9.17) is 11.6 Å². The Bertz CT molecular complexity index is 1540. The fraction of sp³-hybridized carbons (Fsp3) is 0.160. The van der Waals surface area contributed by atoms with Gasteiger partial charge in [0.05, 0.1) is 34.4 Å². The van der Waals surface area contributed by atoms with Crippen LogP contribution in [0.2, 0.25) is 4.34 Å². The molecule has 0 spiro atoms. The van der Waals surface area contributed by atoms with Crippen molar-refractivity contribution >= 4 is 52.6 Å². The lowest BCUT2D eigenvalue weighted by atomic mass is 10.1. The lowest BCUT2D eigenvalue weighted by Gasteiger charge is -2.19. The van der Waals surface area contributed by atoms with Crippen molar-refractivity contribution in [3.05, 3.63) is 85.3 Å². The Hall–Kier alpha value is -4.22. The summed E-state index contributed by atoms with van der Waals surface area (Å²) in [6.45, 7) is 0.161. The van der Waals surface area contributed by atoms with E-state index in [2.05, 4.69) is 10.4 Å². The Kier molecular flexibility index (Phi) is 7.55. The number of benzene rings is 1. The van der Waals surface area contributed by atoms with Crippen molar-refractivity contribution in [2.24, 2.45) is 0 Å². The van der Waals surface area contributed by atoms with Crippen molar-refractivity contribution in [2.45, 2.75) is 13.1 Å². The summed E-state index contributed by atoms with van der Waals surface area (Å²) < 4.78 is 3.07. The van der Waals surface area contributed by atoms with Gasteiger partial charge in [-0.05, 0) is 42.5 Å². The zero-order valence-corrected chi connectivity index (χ0v) is 21.4. The zero-order valence-electron chi connectivity index (χ0n) is 19.8. The molecule has 0 aliphatic heterocycles. The molecule has 1 aromatic carbocycles. The summed E-state index contributed by atoms with van der Waals surface area (Å²) in [5.74, 6) is -1.28. The van der Waals surface area contributed by atoms with Crippen molar-refractivity contribution < 1.29 is 19.5 Å². The van der Waals surface area contributed by atoms with Crippen LogP contribution in [-0.4, -0.2) is 51.7 Å². The van der Waals surface area contributed by atoms with Gasteiger partial charge >= 0.3 is 5.97 Å². The molecular weight excluding hydrogens is 518 g/mol. The topological polar surface area (TPSA) is 127 Å². The third kappa shape index (κ3) is 5.47. The molecule has 4 rings (SSSR count). The van der Waals surface area contributed by atoms with E-state index in [9.17, 15) is 24.3 Å². The number of nitrogens with zero attached hydrogens (tertiary/aromatic N) is 4. The molecule has 10 nitrogen and oxygen atoms in total. The van der Waals surface area contributed by atoms with E-state index < -0.39 is 11.9 Å². The standard InChI is InChI=1S/C25H22ClN5O5S/c1-29(2)19-8-10-22(33)30(11-12-32)23(19)18-13-21(27-14-17-7-9-20(26)37-17)31(28-18)24(34)15-3-5-16(6-4-15)25(35)36/h3-10,12-13,27H,11,14H2,1-2H3,(H,35,36). The van der Waals surface area contributed by atoms with Gasteiger partial charge in [0.2, 0.25) is 0 Å². The molecule has 0 bridgehead atoms. The van der Waals surface area contributed by atoms with Gasteiger partial charge in [-0.15, -0.1) is 11.3 Å². The molecule has 0 radical (unpaired) electrons. The lowest BCUT2D eigenvalue weighted by Crippen LogP contribution is -2.25. The van der Waals surface area contributed by atoms with Crippen molar-refractivity contribution in [3.8, 4) is 11.4 Å². The number of carbonyl (C=O) groups excluding carboxylic acids is 2. The van der Waals surface area contributed by atoms with Crippen molar-refractivity contribution in [3.63, 3.8) is 0 Å². The van der Waals surface area contributed by atoms with E-state index >= 15 is 0 Å². The van der Waals surface area contributed by atoms with Crippen LogP contribution in [0.1, 0.15) is 25.6 Å². The number of carboxylic acids is 1. The third-order valence-corrected chi connectivity index (χ3v) is 6.73. The van der Waals surface area contributed by atoms with Gasteiger partial charge in [-0.2, -0.15) is 9.78 Å². The van der Waals surface area contributed by atoms with Crippen LogP contribution in [0.4, 0.5) is 11.5 Å². The number of hydrogen-bond acceptors (Lipinski definition) is 8. The summed E-state index contributed by atoms with van der Waals surface area (Å²) in [6, 6.07) is 13.7. The molecule has 37 heavy (non-hydrogen) atoms. The monoisotopic (exact) mass is 539 g/mol. The predicted molar refractivity (Wildman–Crippen MR) is 142 cm³/mol. The molecule has 0 aliphatic carbocycles. The number of carbonyl (C=O) groups is 3. The number of aldehydes is 1. The molecule has 4 aromatic rings. The highest BCUT2D eigenvalue weighted by Gasteiger charge is 2.22. The summed E-state index contributed by atoms with van der Waals surface area (Å²) >= 11 is 7.43. The van der Waals surface area contributed by atoms with Gasteiger partial charge in [0.1, 0.15) is 17.8 Å². The summed E-state index contributed by atoms with van der Waals surface area (Å²) in [4.78, 5) is 51.4. The second-order valence-electron chi connectivity index (χ2n) is 8.15. The SMILES string of the molecule is CN(C)c1ccc(=O)n(CC=O)c1-c1cc(NCc2ccc(Cl)s2)n(C(=O)c2ccc(C(=O)O)cc2)n1. The summed E-state index contributed by atoms with van der Waals surface area (Å²) in [7, 11) is 3.58. The van der Waals surface area contributed by atoms with Gasteiger partial charge in [0.15, 0.2) is 0 Å². The van der Waals surface area contributed by atoms with Crippen LogP contribution in [0, 0.1) is 0 Å². The fourth-order valence-electron chi connectivity index (χ4n) is 3.73. The van der Waals surface area contributed by atoms with Crippen molar-refractivity contribution in [1.29, 1.82) is 0 Å². The smallest absolute Gasteiger partial charge is 0.335 e. The molecule has 0 aliphatic rings. The highest BCUT2D eigenvalue weighted by molar-refractivity contribution is 7.16. The van der Waals surface area contributed by atoms with Crippen LogP contribution in [0.5, 0.6) is 0 Å². The second kappa shape index (κ2) is 10.8. The number of thiophene rings is 1. The van der Waals surface area contributed by atoms with Gasteiger partial charge in [-0.25, -0.2) is 4.79 Å². The Labute approximate surface area is 220 Å². The molecule has 0 saturated heterocycles. The number of rotatable bonds is 9. The lowest BCUT2D eigenvalue weighted by molar-refractivity contribution is -0.108. The van der Waals surface area contributed by atoms with E-state index in [-0.39, 0.29) is 23.2 Å². The van der Waals surface area contributed by atoms with E-state index in [0.29, 0.717) is 40.1 Å². The number of anilines is 2. The number of nitrogens with one attached hydrogen (secondary N) is 1. The minimum Gasteiger partial charge on any atom is -0.478 e. The first kappa shape index (κ1) is 25.9. The van der Waals surface area contributed by atoms with Crippen LogP contribution in [0.25, 0.3) is 11.4 Å². The molecule has 0 fully saturated rings. The Morgan fingerprint density at radius 2 is 1.81 bits per heavy atom. The van der Waals surface area contributed by atoms with Crippen LogP contribution in [0.3, 0.4) is 0 Å². The molecule has 2 N–H and O–H groups in total. The Morgan fingerprint density at radius 1 is 1.11 bits per heavy atom. The molecule has 0 atom stereocenters. The third-order valence-electron chi connectivity index (χ3n) is 5.50. The Morgan fingerprint density at radius 3 is 2.41 bits per heavy atom. The maximum atomic E-state index is 13.5. The zero-order chi connectivity index (χ0) is 26.7. The number of aromatic nitrogens is 3. The molecule has 3 aromatic heterocycles. The number of carboxylic acid groups (broad SMARTS) is 1. The van der Waals surface area contributed by atoms with Crippen molar-refractivity contribution in [2.75, 3.05) is 24.3 Å². The van der Waals surface area contributed by atoms with Crippen molar-refractivity contribution in [1.82, 2.24) is 14.3 Å². The largest absolute Gasteiger partial charge is 0.478 e. The average molecular weight is 540 g/mol. The second-order valence-corrected chi connectivity index (χ2v) is 9.95. The van der Waals surface area contributed by atoms with E-state index in [1.165, 1.54) is 46.2 Å². The first-order valence-corrected chi connectivity index (χ1v) is 12.2. The first-order chi connectivity index (χ1) is 17.7. The fourth-order valence-corrected chi connectivity index (χ4v) is 4.76. The average Bonchev–Trinajstić information content (AvgIpc) is 3.49. The summed E-state index contributed by atoms with van der Waals surface area (Å²) in [5, 5.41) is 16.9. The molecule has 0 amide bonds. The van der Waals surface area contributed by atoms with Gasteiger partial charge in [-0.1, -0.05) is 11.6 Å². The maximum absolute atomic E-state index is 13.5. The quantitative estimate of drug-likeness (QED) is 0.308. The van der Waals surface area contributed by atoms with Gasteiger partial charge < -0.3 is 20.1 Å². The molecule has 190 valence electrons. The van der Waals surface area contributed by atoms with Crippen LogP contribution in [-0.2, 0) is 17.9 Å². The molecule has 0 saturated carbocycles. The van der Waals surface area contributed by atoms with Crippen LogP contribution in [0.15, 0.2) is 59.4 Å². The highest BCUT2D eigenvalue weighted by atomic mass is 35.5. The summed E-state index contributed by atoms with van der Waals surface area (Å²) in [5.41, 5.74) is 1.17. The molecular formula is C25H22ClN5O5S. The highest BCUT2D eigenvalue weighted by Crippen LogP contribution is 2.31. The minimum absolute atomic E-state index is 0.0448. The summed E-state index contributed by atoms with van der Waals surface area (Å²) in [6.07, 6.45) is 0.621. The maximum Gasteiger partial charge on any atom is 0.335 e. The van der Waals surface area contributed by atoms with Gasteiger partial charge in [0.25, 0.3) is 11.5 Å². The number of halogens is 1. The van der Waals surface area contributed by atoms with E-state index in [0.717, 1.165) is 9.56 Å². The van der Waals surface area contributed by atoms with E-state index in [1.807, 2.05) is 6.07 Å². The first-order valence-electron chi connectivity index (χ1n) is 11.0. The van der Waals surface area contributed by atoms with E-state index in [1.54, 1.807) is 37.2 Å². The molecule has 3 heterocycles. The minimum atomic E-state index is -1.11. The van der Waals surface area contributed by atoms with Crippen LogP contribution >= 0.6 is 22.9 Å². The Balaban J connectivity index is 1.84. The number of pyridine rings is 1. The number of aromatic carboxylic acids is 1. The molecule has 0 unspecified atom stereocenters. The molecule has 12 heteroatoms. The van der Waals surface area contributed by atoms with Gasteiger partial charge in [-0.3, -0.25) is 14.2 Å².